The summed E-state index contributed by atoms with van der Waals surface area (Å²) >= 11 is 6.04. The molecule has 0 spiro atoms. The molecule has 0 aliphatic rings. The fourth-order valence-electron chi connectivity index (χ4n) is 1.31. The van der Waals surface area contributed by atoms with Crippen molar-refractivity contribution in [1.82, 2.24) is 4.98 Å². The number of pyridine rings is 1. The maximum Gasteiger partial charge on any atom is 0.0511 e. The summed E-state index contributed by atoms with van der Waals surface area (Å²) in [7, 11) is 0. The van der Waals surface area contributed by atoms with Crippen LogP contribution >= 0.6 is 11.6 Å². The molecule has 0 aliphatic carbocycles. The lowest BCUT2D eigenvalue weighted by Crippen LogP contribution is -2.10. The Labute approximate surface area is 83.4 Å². The molecular weight excluding hydrogens is 184 g/mol. The summed E-state index contributed by atoms with van der Waals surface area (Å²) in [6.07, 6.45) is 1.66. The third-order valence-electron chi connectivity index (χ3n) is 1.91. The van der Waals surface area contributed by atoms with Crippen LogP contribution in [0, 0.1) is 13.8 Å². The quantitative estimate of drug-likeness (QED) is 0.739. The van der Waals surface area contributed by atoms with Gasteiger partial charge >= 0.3 is 0 Å². The Bertz CT molecular complexity index is 311. The topological polar surface area (TPSA) is 38.9 Å². The SMILES string of the molecule is C=C[C@H](N)c1c(Cl)cc(C)nc1C. The largest absolute Gasteiger partial charge is 0.321 e. The first-order valence-corrected chi connectivity index (χ1v) is 4.46. The normalized spacial score (nSPS) is 12.6. The van der Waals surface area contributed by atoms with Crippen molar-refractivity contribution in [2.45, 2.75) is 19.9 Å². The van der Waals surface area contributed by atoms with Gasteiger partial charge in [0.2, 0.25) is 0 Å². The highest BCUT2D eigenvalue weighted by atomic mass is 35.5. The molecule has 2 N–H and O–H groups in total. The van der Waals surface area contributed by atoms with Crippen molar-refractivity contribution in [3.05, 3.63) is 40.7 Å². The highest BCUT2D eigenvalue weighted by molar-refractivity contribution is 6.31. The molecule has 0 fully saturated rings. The maximum atomic E-state index is 6.04. The molecule has 0 aliphatic heterocycles. The van der Waals surface area contributed by atoms with E-state index >= 15 is 0 Å². The minimum atomic E-state index is -0.236. The fraction of sp³-hybridized carbons (Fsp3) is 0.300. The Morgan fingerprint density at radius 1 is 1.62 bits per heavy atom. The molecule has 13 heavy (non-hydrogen) atoms. The minimum absolute atomic E-state index is 0.236. The van der Waals surface area contributed by atoms with E-state index in [0.717, 1.165) is 17.0 Å². The summed E-state index contributed by atoms with van der Waals surface area (Å²) in [5.74, 6) is 0. The van der Waals surface area contributed by atoms with Crippen molar-refractivity contribution in [3.8, 4) is 0 Å². The van der Waals surface area contributed by atoms with Crippen molar-refractivity contribution in [2.24, 2.45) is 5.73 Å². The lowest BCUT2D eigenvalue weighted by atomic mass is 10.1. The van der Waals surface area contributed by atoms with Crippen LogP contribution in [0.15, 0.2) is 18.7 Å². The number of aryl methyl sites for hydroxylation is 2. The van der Waals surface area contributed by atoms with Crippen LogP contribution in [0.25, 0.3) is 0 Å². The number of hydrogen-bond acceptors (Lipinski definition) is 2. The van der Waals surface area contributed by atoms with Crippen molar-refractivity contribution in [3.63, 3.8) is 0 Å². The molecule has 1 aromatic rings. The Hall–Kier alpha value is -0.860. The van der Waals surface area contributed by atoms with Crippen molar-refractivity contribution >= 4 is 11.6 Å². The van der Waals surface area contributed by atoms with Crippen LogP contribution in [-0.4, -0.2) is 4.98 Å². The molecule has 1 atom stereocenters. The standard InChI is InChI=1S/C10H13ClN2/c1-4-9(12)10-7(3)13-6(2)5-8(10)11/h4-5,9H,1,12H2,2-3H3/t9-/m0/s1. The van der Waals surface area contributed by atoms with Gasteiger partial charge in [-0.1, -0.05) is 17.7 Å². The summed E-state index contributed by atoms with van der Waals surface area (Å²) in [4.78, 5) is 4.29. The average molecular weight is 197 g/mol. The van der Waals surface area contributed by atoms with Crippen LogP contribution in [0.2, 0.25) is 5.02 Å². The predicted molar refractivity (Wildman–Crippen MR) is 55.8 cm³/mol. The van der Waals surface area contributed by atoms with Crippen molar-refractivity contribution < 1.29 is 0 Å². The van der Waals surface area contributed by atoms with Crippen LogP contribution < -0.4 is 5.73 Å². The van der Waals surface area contributed by atoms with Gasteiger partial charge in [0.1, 0.15) is 0 Å². The van der Waals surface area contributed by atoms with E-state index in [0.29, 0.717) is 5.02 Å². The summed E-state index contributed by atoms with van der Waals surface area (Å²) in [5.41, 5.74) is 8.44. The molecule has 0 aromatic carbocycles. The Morgan fingerprint density at radius 3 is 2.69 bits per heavy atom. The monoisotopic (exact) mass is 196 g/mol. The summed E-state index contributed by atoms with van der Waals surface area (Å²) < 4.78 is 0. The second-order valence-electron chi connectivity index (χ2n) is 3.01. The number of hydrogen-bond donors (Lipinski definition) is 1. The molecule has 2 nitrogen and oxygen atoms in total. The minimum Gasteiger partial charge on any atom is -0.321 e. The zero-order chi connectivity index (χ0) is 10.0. The van der Waals surface area contributed by atoms with E-state index in [1.165, 1.54) is 0 Å². The molecule has 3 heteroatoms. The van der Waals surface area contributed by atoms with E-state index in [1.807, 2.05) is 19.9 Å². The molecule has 0 unspecified atom stereocenters. The van der Waals surface area contributed by atoms with Crippen molar-refractivity contribution in [1.29, 1.82) is 0 Å². The van der Waals surface area contributed by atoms with Crippen LogP contribution in [0.4, 0.5) is 0 Å². The van der Waals surface area contributed by atoms with Crippen LogP contribution in [0.3, 0.4) is 0 Å². The molecule has 1 rings (SSSR count). The Balaban J connectivity index is 3.28. The van der Waals surface area contributed by atoms with E-state index in [2.05, 4.69) is 11.6 Å². The molecule has 0 bridgehead atoms. The van der Waals surface area contributed by atoms with Gasteiger partial charge in [-0.15, -0.1) is 6.58 Å². The summed E-state index contributed by atoms with van der Waals surface area (Å²) in [6, 6.07) is 1.58. The van der Waals surface area contributed by atoms with E-state index in [-0.39, 0.29) is 6.04 Å². The van der Waals surface area contributed by atoms with Gasteiger partial charge in [0.15, 0.2) is 0 Å². The van der Waals surface area contributed by atoms with E-state index in [1.54, 1.807) is 6.08 Å². The molecule has 1 aromatic heterocycles. The van der Waals surface area contributed by atoms with Crippen LogP contribution in [0.1, 0.15) is 23.0 Å². The summed E-state index contributed by atoms with van der Waals surface area (Å²) in [6.45, 7) is 7.44. The smallest absolute Gasteiger partial charge is 0.0511 e. The molecule has 0 saturated carbocycles. The Morgan fingerprint density at radius 2 is 2.23 bits per heavy atom. The number of nitrogens with zero attached hydrogens (tertiary/aromatic N) is 1. The molecule has 1 heterocycles. The lowest BCUT2D eigenvalue weighted by molar-refractivity contribution is 0.879. The Kier molecular flexibility index (Phi) is 3.07. The van der Waals surface area contributed by atoms with Gasteiger partial charge in [-0.3, -0.25) is 4.98 Å². The van der Waals surface area contributed by atoms with Crippen LogP contribution in [-0.2, 0) is 0 Å². The van der Waals surface area contributed by atoms with E-state index < -0.39 is 0 Å². The number of rotatable bonds is 2. The first-order valence-electron chi connectivity index (χ1n) is 4.08. The average Bonchev–Trinajstić information content (AvgIpc) is 2.02. The fourth-order valence-corrected chi connectivity index (χ4v) is 1.73. The van der Waals surface area contributed by atoms with Crippen molar-refractivity contribution in [2.75, 3.05) is 0 Å². The molecule has 0 amide bonds. The third-order valence-corrected chi connectivity index (χ3v) is 2.23. The number of halogens is 1. The zero-order valence-corrected chi connectivity index (χ0v) is 8.60. The lowest BCUT2D eigenvalue weighted by Gasteiger charge is -2.12. The van der Waals surface area contributed by atoms with Gasteiger partial charge in [-0.2, -0.15) is 0 Å². The first kappa shape index (κ1) is 10.2. The molecular formula is C10H13ClN2. The van der Waals surface area contributed by atoms with Gasteiger partial charge in [-0.05, 0) is 19.9 Å². The summed E-state index contributed by atoms with van der Waals surface area (Å²) in [5, 5.41) is 0.664. The second-order valence-corrected chi connectivity index (χ2v) is 3.41. The van der Waals surface area contributed by atoms with Gasteiger partial charge in [0.05, 0.1) is 6.04 Å². The van der Waals surface area contributed by atoms with Gasteiger partial charge in [-0.25, -0.2) is 0 Å². The van der Waals surface area contributed by atoms with Gasteiger partial charge < -0.3 is 5.73 Å². The highest BCUT2D eigenvalue weighted by Crippen LogP contribution is 2.25. The number of aromatic nitrogens is 1. The third kappa shape index (κ3) is 2.08. The first-order chi connectivity index (χ1) is 6.06. The van der Waals surface area contributed by atoms with Gasteiger partial charge in [0, 0.05) is 22.0 Å². The molecule has 70 valence electrons. The second kappa shape index (κ2) is 3.90. The van der Waals surface area contributed by atoms with Crippen LogP contribution in [0.5, 0.6) is 0 Å². The predicted octanol–water partition coefficient (Wildman–Crippen LogP) is 2.54. The zero-order valence-electron chi connectivity index (χ0n) is 7.84. The molecule has 0 saturated heterocycles. The maximum absolute atomic E-state index is 6.04. The van der Waals surface area contributed by atoms with Gasteiger partial charge in [0.25, 0.3) is 0 Å². The molecule has 0 radical (unpaired) electrons. The van der Waals surface area contributed by atoms with E-state index in [9.17, 15) is 0 Å². The van der Waals surface area contributed by atoms with E-state index in [4.69, 9.17) is 17.3 Å². The highest BCUT2D eigenvalue weighted by Gasteiger charge is 2.11. The number of nitrogens with two attached hydrogens (primary N) is 1.